The quantitative estimate of drug-likeness (QED) is 0.422. The molecule has 1 aromatic heterocycles. The third-order valence-corrected chi connectivity index (χ3v) is 5.90. The molecule has 0 aliphatic rings. The Morgan fingerprint density at radius 2 is 1.68 bits per heavy atom. The van der Waals surface area contributed by atoms with Crippen LogP contribution in [0, 0.1) is 11.6 Å². The van der Waals surface area contributed by atoms with Crippen molar-refractivity contribution in [1.29, 1.82) is 0 Å². The average Bonchev–Trinajstić information content (AvgIpc) is 3.16. The Morgan fingerprint density at radius 3 is 2.29 bits per heavy atom. The molecule has 0 saturated heterocycles. The van der Waals surface area contributed by atoms with Gasteiger partial charge in [0, 0.05) is 13.1 Å². The number of amides is 1. The third kappa shape index (κ3) is 5.50. The number of carbonyl (C=O) groups is 1. The lowest BCUT2D eigenvalue weighted by Gasteiger charge is -2.25. The molecule has 5 nitrogen and oxygen atoms in total. The Morgan fingerprint density at radius 1 is 1.03 bits per heavy atom. The van der Waals surface area contributed by atoms with Gasteiger partial charge >= 0.3 is 0 Å². The van der Waals surface area contributed by atoms with Gasteiger partial charge < -0.3 is 9.64 Å². The maximum Gasteiger partial charge on any atom is 0.266 e. The van der Waals surface area contributed by atoms with Gasteiger partial charge in [0.1, 0.15) is 28.5 Å². The summed E-state index contributed by atoms with van der Waals surface area (Å²) in [6.07, 6.45) is 0. The van der Waals surface area contributed by atoms with Crippen molar-refractivity contribution in [2.45, 2.75) is 20.8 Å². The van der Waals surface area contributed by atoms with Gasteiger partial charge in [-0.15, -0.1) is 12.4 Å². The lowest BCUT2D eigenvalue weighted by molar-refractivity contribution is 0.0975. The number of nitrogens with zero attached hydrogens (tertiary/aromatic N) is 3. The van der Waals surface area contributed by atoms with Crippen LogP contribution in [0.4, 0.5) is 13.9 Å². The van der Waals surface area contributed by atoms with E-state index in [0.29, 0.717) is 29.5 Å². The topological polar surface area (TPSA) is 45.7 Å². The van der Waals surface area contributed by atoms with E-state index in [1.54, 1.807) is 0 Å². The van der Waals surface area contributed by atoms with Gasteiger partial charge in [0.15, 0.2) is 5.13 Å². The molecule has 168 valence electrons. The van der Waals surface area contributed by atoms with E-state index in [-0.39, 0.29) is 19.0 Å². The van der Waals surface area contributed by atoms with Crippen LogP contribution in [0.2, 0.25) is 0 Å². The van der Waals surface area contributed by atoms with E-state index in [4.69, 9.17) is 4.74 Å². The summed E-state index contributed by atoms with van der Waals surface area (Å²) in [7, 11) is 0. The smallest absolute Gasteiger partial charge is 0.266 e. The van der Waals surface area contributed by atoms with Crippen molar-refractivity contribution in [3.8, 4) is 5.75 Å². The molecule has 0 aliphatic heterocycles. The van der Waals surface area contributed by atoms with E-state index >= 15 is 0 Å². The molecule has 0 aliphatic carbocycles. The van der Waals surface area contributed by atoms with E-state index in [9.17, 15) is 13.6 Å². The number of carbonyl (C=O) groups excluding carboxylic acids is 1. The van der Waals surface area contributed by atoms with Gasteiger partial charge in [-0.05, 0) is 44.3 Å². The summed E-state index contributed by atoms with van der Waals surface area (Å²) in [5, 5.41) is 0.386. The molecule has 0 radical (unpaired) electrons. The van der Waals surface area contributed by atoms with Crippen LogP contribution >= 0.6 is 23.7 Å². The zero-order valence-electron chi connectivity index (χ0n) is 17.7. The highest BCUT2D eigenvalue weighted by Gasteiger charge is 2.27. The second kappa shape index (κ2) is 11.4. The van der Waals surface area contributed by atoms with E-state index < -0.39 is 23.1 Å². The molecule has 3 rings (SSSR count). The minimum absolute atomic E-state index is 0. The first kappa shape index (κ1) is 25.0. The summed E-state index contributed by atoms with van der Waals surface area (Å²) in [4.78, 5) is 21.3. The Balaban J connectivity index is 0.00000341. The van der Waals surface area contributed by atoms with Crippen LogP contribution in [0.15, 0.2) is 36.4 Å². The molecule has 0 atom stereocenters. The highest BCUT2D eigenvalue weighted by atomic mass is 35.5. The average molecular weight is 470 g/mol. The molecule has 0 fully saturated rings. The van der Waals surface area contributed by atoms with Crippen LogP contribution in [0.25, 0.3) is 10.2 Å². The standard InChI is InChI=1S/C22H25F2N3O2S.ClH/c1-4-26(5-2)13-14-27(21(28)19-15(23)9-7-10-16(19)24)22-25-20-17(29-6-3)11-8-12-18(20)30-22;/h7-12H,4-6,13-14H2,1-3H3;1H. The Hall–Kier alpha value is -2.29. The van der Waals surface area contributed by atoms with Gasteiger partial charge in [-0.3, -0.25) is 9.69 Å². The second-order valence-electron chi connectivity index (χ2n) is 6.61. The molecule has 31 heavy (non-hydrogen) atoms. The lowest BCUT2D eigenvalue weighted by atomic mass is 10.1. The van der Waals surface area contributed by atoms with Gasteiger partial charge in [0.2, 0.25) is 0 Å². The summed E-state index contributed by atoms with van der Waals surface area (Å²) in [6.45, 7) is 8.85. The number of benzene rings is 2. The number of hydrogen-bond acceptors (Lipinski definition) is 5. The largest absolute Gasteiger partial charge is 0.492 e. The zero-order valence-corrected chi connectivity index (χ0v) is 19.4. The van der Waals surface area contributed by atoms with Crippen LogP contribution in [-0.2, 0) is 0 Å². The SMILES string of the molecule is CCOc1cccc2sc(N(CCN(CC)CC)C(=O)c3c(F)cccc3F)nc12.Cl. The van der Waals surface area contributed by atoms with Crippen molar-refractivity contribution in [1.82, 2.24) is 9.88 Å². The monoisotopic (exact) mass is 469 g/mol. The number of fused-ring (bicyclic) bond motifs is 1. The summed E-state index contributed by atoms with van der Waals surface area (Å²) in [5.41, 5.74) is 0.0651. The van der Waals surface area contributed by atoms with Crippen molar-refractivity contribution in [2.75, 3.05) is 37.7 Å². The summed E-state index contributed by atoms with van der Waals surface area (Å²) < 4.78 is 35.2. The number of para-hydroxylation sites is 1. The van der Waals surface area contributed by atoms with Crippen molar-refractivity contribution in [3.63, 3.8) is 0 Å². The number of hydrogen-bond donors (Lipinski definition) is 0. The Labute approximate surface area is 191 Å². The van der Waals surface area contributed by atoms with Crippen LogP contribution in [0.5, 0.6) is 5.75 Å². The number of ether oxygens (including phenoxy) is 1. The molecule has 1 amide bonds. The number of rotatable bonds is 9. The molecule has 0 unspecified atom stereocenters. The molecule has 0 N–H and O–H groups in total. The summed E-state index contributed by atoms with van der Waals surface area (Å²) >= 11 is 1.30. The van der Waals surface area contributed by atoms with E-state index in [2.05, 4.69) is 9.88 Å². The minimum atomic E-state index is -0.885. The van der Waals surface area contributed by atoms with Gasteiger partial charge in [-0.25, -0.2) is 13.8 Å². The van der Waals surface area contributed by atoms with Gasteiger partial charge in [0.25, 0.3) is 5.91 Å². The highest BCUT2D eigenvalue weighted by molar-refractivity contribution is 7.22. The summed E-state index contributed by atoms with van der Waals surface area (Å²) in [6, 6.07) is 8.97. The van der Waals surface area contributed by atoms with Crippen LogP contribution in [0.3, 0.4) is 0 Å². The number of likely N-dealkylation sites (N-methyl/N-ethyl adjacent to an activating group) is 1. The Kier molecular flexibility index (Phi) is 9.15. The van der Waals surface area contributed by atoms with Gasteiger partial charge in [0.05, 0.1) is 11.3 Å². The molecular weight excluding hydrogens is 444 g/mol. The van der Waals surface area contributed by atoms with E-state index in [0.717, 1.165) is 29.9 Å². The number of halogens is 3. The van der Waals surface area contributed by atoms with Gasteiger partial charge in [-0.1, -0.05) is 37.3 Å². The first-order valence-corrected chi connectivity index (χ1v) is 10.8. The fourth-order valence-electron chi connectivity index (χ4n) is 3.20. The van der Waals surface area contributed by atoms with Crippen LogP contribution in [-0.4, -0.2) is 48.6 Å². The van der Waals surface area contributed by atoms with Gasteiger partial charge in [-0.2, -0.15) is 0 Å². The van der Waals surface area contributed by atoms with Crippen LogP contribution in [0.1, 0.15) is 31.1 Å². The highest BCUT2D eigenvalue weighted by Crippen LogP contribution is 2.35. The fraction of sp³-hybridized carbons (Fsp3) is 0.364. The normalized spacial score (nSPS) is 10.9. The molecular formula is C22H26ClF2N3O2S. The zero-order chi connectivity index (χ0) is 21.7. The van der Waals surface area contributed by atoms with Crippen LogP contribution < -0.4 is 9.64 Å². The third-order valence-electron chi connectivity index (χ3n) is 4.86. The molecule has 9 heteroatoms. The van der Waals surface area contributed by atoms with E-state index in [1.165, 1.54) is 22.3 Å². The van der Waals surface area contributed by atoms with Crippen molar-refractivity contribution in [3.05, 3.63) is 53.6 Å². The Bertz CT molecular complexity index is 1010. The summed E-state index contributed by atoms with van der Waals surface area (Å²) in [5.74, 6) is -1.90. The van der Waals surface area contributed by atoms with Crippen molar-refractivity contribution < 1.29 is 18.3 Å². The van der Waals surface area contributed by atoms with Crippen molar-refractivity contribution in [2.24, 2.45) is 0 Å². The first-order valence-electron chi connectivity index (χ1n) is 10.0. The fourth-order valence-corrected chi connectivity index (χ4v) is 4.21. The molecule has 3 aromatic rings. The maximum atomic E-state index is 14.3. The molecule has 0 bridgehead atoms. The number of anilines is 1. The lowest BCUT2D eigenvalue weighted by Crippen LogP contribution is -2.39. The number of aromatic nitrogens is 1. The molecule has 1 heterocycles. The minimum Gasteiger partial charge on any atom is -0.492 e. The predicted molar refractivity (Wildman–Crippen MR) is 124 cm³/mol. The maximum absolute atomic E-state index is 14.3. The molecule has 0 spiro atoms. The number of thiazole rings is 1. The first-order chi connectivity index (χ1) is 14.5. The van der Waals surface area contributed by atoms with Crippen molar-refractivity contribution >= 4 is 45.0 Å². The predicted octanol–water partition coefficient (Wildman–Crippen LogP) is 5.38. The van der Waals surface area contributed by atoms with E-state index in [1.807, 2.05) is 39.0 Å². The molecule has 2 aromatic carbocycles. The molecule has 0 saturated carbocycles. The second-order valence-corrected chi connectivity index (χ2v) is 7.62.